The molecule has 1 aromatic carbocycles. The maximum absolute atomic E-state index is 13.6. The number of nitrogens with zero attached hydrogens (tertiary/aromatic N) is 2. The quantitative estimate of drug-likeness (QED) is 0.361. The number of hydrogen-bond donors (Lipinski definition) is 1. The molecule has 1 unspecified atom stereocenters. The molecule has 0 radical (unpaired) electrons. The Balaban J connectivity index is 1.37. The van der Waals surface area contributed by atoms with Gasteiger partial charge in [-0.05, 0) is 49.8 Å². The molecule has 3 aliphatic rings. The number of rotatable bonds is 11. The average Bonchev–Trinajstić information content (AvgIpc) is 3.59. The largest absolute Gasteiger partial charge is 0.392 e. The predicted octanol–water partition coefficient (Wildman–Crippen LogP) is 6.11. The monoisotopic (exact) mass is 515 g/mol. The molecule has 1 atom stereocenters. The molecule has 198 valence electrons. The van der Waals surface area contributed by atoms with Gasteiger partial charge in [0.2, 0.25) is 11.8 Å². The van der Waals surface area contributed by atoms with Crippen LogP contribution in [0, 0.1) is 11.3 Å². The second-order valence-electron chi connectivity index (χ2n) is 10.9. The van der Waals surface area contributed by atoms with Crippen LogP contribution in [0.3, 0.4) is 0 Å². The minimum absolute atomic E-state index is 0.120. The van der Waals surface area contributed by atoms with E-state index in [-0.39, 0.29) is 17.9 Å². The minimum Gasteiger partial charge on any atom is -0.392 e. The van der Waals surface area contributed by atoms with E-state index in [2.05, 4.69) is 17.4 Å². The second kappa shape index (κ2) is 12.9. The summed E-state index contributed by atoms with van der Waals surface area (Å²) in [6, 6.07) is 7.64. The van der Waals surface area contributed by atoms with Gasteiger partial charge in [0.25, 0.3) is 0 Å². The summed E-state index contributed by atoms with van der Waals surface area (Å²) >= 11 is 6.04. The summed E-state index contributed by atoms with van der Waals surface area (Å²) in [4.78, 5) is 34.5. The molecular formula is C29H42ClN3O3. The molecule has 0 bridgehead atoms. The Labute approximate surface area is 221 Å². The smallest absolute Gasteiger partial charge is 0.226 e. The third-order valence-corrected chi connectivity index (χ3v) is 8.57. The van der Waals surface area contributed by atoms with Gasteiger partial charge in [0, 0.05) is 43.4 Å². The van der Waals surface area contributed by atoms with E-state index >= 15 is 0 Å². The fraction of sp³-hybridized carbons (Fsp3) is 0.690. The Morgan fingerprint density at radius 1 is 1.08 bits per heavy atom. The summed E-state index contributed by atoms with van der Waals surface area (Å²) in [7, 11) is 0. The molecule has 1 aromatic rings. The number of hydrogen-bond acceptors (Lipinski definition) is 4. The van der Waals surface area contributed by atoms with E-state index in [0.717, 1.165) is 49.8 Å². The molecule has 0 aromatic heterocycles. The molecular weight excluding hydrogens is 474 g/mol. The maximum Gasteiger partial charge on any atom is 0.226 e. The van der Waals surface area contributed by atoms with Gasteiger partial charge in [0.15, 0.2) is 0 Å². The van der Waals surface area contributed by atoms with Crippen LogP contribution in [0.5, 0.6) is 0 Å². The summed E-state index contributed by atoms with van der Waals surface area (Å²) in [6.07, 6.45) is 12.7. The lowest BCUT2D eigenvalue weighted by molar-refractivity contribution is -0.145. The SMILES string of the molecule is CCCCCCCNC(=O)C1(CC2CC(c3ccc(Cl)cc3)=NO2)CCN(C(=O)C2CCCC2)CC1. The molecule has 1 aliphatic carbocycles. The molecule has 1 saturated heterocycles. The summed E-state index contributed by atoms with van der Waals surface area (Å²) in [5.74, 6) is 0.598. The fourth-order valence-corrected chi connectivity index (χ4v) is 6.14. The number of carbonyl (C=O) groups excluding carboxylic acids is 2. The third-order valence-electron chi connectivity index (χ3n) is 8.31. The van der Waals surface area contributed by atoms with Gasteiger partial charge in [-0.15, -0.1) is 0 Å². The highest BCUT2D eigenvalue weighted by Gasteiger charge is 2.45. The Bertz CT molecular complexity index is 903. The van der Waals surface area contributed by atoms with Crippen LogP contribution in [0.15, 0.2) is 29.4 Å². The first kappa shape index (κ1) is 27.0. The lowest BCUT2D eigenvalue weighted by atomic mass is 9.72. The molecule has 2 heterocycles. The number of piperidine rings is 1. The molecule has 4 rings (SSSR count). The maximum atomic E-state index is 13.6. The van der Waals surface area contributed by atoms with Gasteiger partial charge in [-0.25, -0.2) is 0 Å². The number of amides is 2. The molecule has 6 nitrogen and oxygen atoms in total. The van der Waals surface area contributed by atoms with E-state index < -0.39 is 5.41 Å². The topological polar surface area (TPSA) is 71.0 Å². The van der Waals surface area contributed by atoms with E-state index in [9.17, 15) is 9.59 Å². The summed E-state index contributed by atoms with van der Waals surface area (Å²) in [5, 5.41) is 8.29. The summed E-state index contributed by atoms with van der Waals surface area (Å²) < 4.78 is 0. The van der Waals surface area contributed by atoms with Gasteiger partial charge >= 0.3 is 0 Å². The van der Waals surface area contributed by atoms with Crippen molar-refractivity contribution in [3.05, 3.63) is 34.9 Å². The Morgan fingerprint density at radius 2 is 1.78 bits per heavy atom. The van der Waals surface area contributed by atoms with Crippen LogP contribution in [-0.2, 0) is 14.4 Å². The molecule has 1 N–H and O–H groups in total. The van der Waals surface area contributed by atoms with Crippen LogP contribution in [0.4, 0.5) is 0 Å². The average molecular weight is 516 g/mol. The molecule has 7 heteroatoms. The Morgan fingerprint density at radius 3 is 2.47 bits per heavy atom. The molecule has 36 heavy (non-hydrogen) atoms. The summed E-state index contributed by atoms with van der Waals surface area (Å²) in [6.45, 7) is 4.23. The van der Waals surface area contributed by atoms with Crippen molar-refractivity contribution >= 4 is 29.1 Å². The van der Waals surface area contributed by atoms with Crippen molar-refractivity contribution < 1.29 is 14.4 Å². The highest BCUT2D eigenvalue weighted by atomic mass is 35.5. The van der Waals surface area contributed by atoms with Gasteiger partial charge in [0.1, 0.15) is 6.10 Å². The van der Waals surface area contributed by atoms with E-state index in [1.165, 1.54) is 19.3 Å². The van der Waals surface area contributed by atoms with Crippen molar-refractivity contribution in [2.45, 2.75) is 96.5 Å². The molecule has 2 fully saturated rings. The fourth-order valence-electron chi connectivity index (χ4n) is 6.01. The zero-order valence-electron chi connectivity index (χ0n) is 21.8. The number of likely N-dealkylation sites (tertiary alicyclic amines) is 1. The zero-order valence-corrected chi connectivity index (χ0v) is 22.5. The lowest BCUT2D eigenvalue weighted by Crippen LogP contribution is -2.52. The molecule has 2 amide bonds. The van der Waals surface area contributed by atoms with Crippen LogP contribution in [-0.4, -0.2) is 48.2 Å². The van der Waals surface area contributed by atoms with Gasteiger partial charge in [0.05, 0.1) is 11.1 Å². The van der Waals surface area contributed by atoms with Gasteiger partial charge in [-0.3, -0.25) is 9.59 Å². The molecule has 2 aliphatic heterocycles. The van der Waals surface area contributed by atoms with Gasteiger partial charge < -0.3 is 15.1 Å². The Kier molecular flexibility index (Phi) is 9.69. The first-order valence-electron chi connectivity index (χ1n) is 14.1. The van der Waals surface area contributed by atoms with Crippen molar-refractivity contribution in [2.75, 3.05) is 19.6 Å². The second-order valence-corrected chi connectivity index (χ2v) is 11.4. The van der Waals surface area contributed by atoms with Crippen LogP contribution in [0.1, 0.15) is 96.0 Å². The van der Waals surface area contributed by atoms with Crippen molar-refractivity contribution in [2.24, 2.45) is 16.5 Å². The van der Waals surface area contributed by atoms with Gasteiger partial charge in [-0.2, -0.15) is 0 Å². The van der Waals surface area contributed by atoms with Crippen LogP contribution < -0.4 is 5.32 Å². The van der Waals surface area contributed by atoms with Crippen LogP contribution in [0.2, 0.25) is 5.02 Å². The van der Waals surface area contributed by atoms with E-state index in [0.29, 0.717) is 56.2 Å². The van der Waals surface area contributed by atoms with Crippen molar-refractivity contribution in [1.29, 1.82) is 0 Å². The van der Waals surface area contributed by atoms with Crippen molar-refractivity contribution in [1.82, 2.24) is 10.2 Å². The number of nitrogens with one attached hydrogen (secondary N) is 1. The Hall–Kier alpha value is -2.08. The minimum atomic E-state index is -0.522. The number of benzene rings is 1. The highest BCUT2D eigenvalue weighted by Crippen LogP contribution is 2.40. The van der Waals surface area contributed by atoms with E-state index in [4.69, 9.17) is 16.4 Å². The van der Waals surface area contributed by atoms with Crippen molar-refractivity contribution in [3.63, 3.8) is 0 Å². The third kappa shape index (κ3) is 6.81. The first-order chi connectivity index (χ1) is 17.5. The first-order valence-corrected chi connectivity index (χ1v) is 14.4. The lowest BCUT2D eigenvalue weighted by Gasteiger charge is -2.42. The number of carbonyl (C=O) groups is 2. The normalized spacial score (nSPS) is 21.8. The standard InChI is InChI=1S/C29H42ClN3O3/c1-2-3-4-5-8-17-31-28(35)29(15-18-33(19-16-29)27(34)23-9-6-7-10-23)21-25-20-26(32-36-25)22-11-13-24(30)14-12-22/h11-14,23,25H,2-10,15-21H2,1H3,(H,31,35). The van der Waals surface area contributed by atoms with E-state index in [1.54, 1.807) is 0 Å². The van der Waals surface area contributed by atoms with Gasteiger partial charge in [-0.1, -0.05) is 74.3 Å². The van der Waals surface area contributed by atoms with Crippen LogP contribution >= 0.6 is 11.6 Å². The predicted molar refractivity (Wildman–Crippen MR) is 144 cm³/mol. The number of unbranched alkanes of at least 4 members (excludes halogenated alkanes) is 4. The van der Waals surface area contributed by atoms with Crippen LogP contribution in [0.25, 0.3) is 0 Å². The van der Waals surface area contributed by atoms with Crippen molar-refractivity contribution in [3.8, 4) is 0 Å². The molecule has 1 saturated carbocycles. The zero-order chi connectivity index (χ0) is 25.4. The van der Waals surface area contributed by atoms with E-state index in [1.807, 2.05) is 29.2 Å². The molecule has 0 spiro atoms. The number of halogens is 1. The highest BCUT2D eigenvalue weighted by molar-refractivity contribution is 6.30. The summed E-state index contributed by atoms with van der Waals surface area (Å²) in [5.41, 5.74) is 1.38. The number of oxime groups is 1.